The maximum atomic E-state index is 8.69. The van der Waals surface area contributed by atoms with Crippen LogP contribution in [0.5, 0.6) is 0 Å². The molecule has 0 amide bonds. The molecule has 0 radical (unpaired) electrons. The molecule has 1 aromatic carbocycles. The van der Waals surface area contributed by atoms with E-state index in [0.717, 1.165) is 19.3 Å². The van der Waals surface area contributed by atoms with Crippen LogP contribution in [0.2, 0.25) is 0 Å². The number of benzene rings is 1. The third-order valence-corrected chi connectivity index (χ3v) is 3.62. The van der Waals surface area contributed by atoms with Gasteiger partial charge < -0.3 is 5.11 Å². The Morgan fingerprint density at radius 3 is 2.00 bits per heavy atom. The van der Waals surface area contributed by atoms with Gasteiger partial charge in [-0.1, -0.05) is 41.9 Å². The highest BCUT2D eigenvalue weighted by atomic mass is 79.9. The highest BCUT2D eigenvalue weighted by Gasteiger charge is 2.01. The van der Waals surface area contributed by atoms with Gasteiger partial charge in [0.05, 0.1) is 0 Å². The summed E-state index contributed by atoms with van der Waals surface area (Å²) >= 11 is 3.56. The topological polar surface area (TPSA) is 20.2 Å². The number of halogens is 1. The van der Waals surface area contributed by atoms with E-state index in [1.807, 2.05) is 13.8 Å². The van der Waals surface area contributed by atoms with Crippen molar-refractivity contribution in [3.63, 3.8) is 0 Å². The molecule has 0 aromatic heterocycles. The van der Waals surface area contributed by atoms with Gasteiger partial charge in [0.2, 0.25) is 0 Å². The maximum Gasteiger partial charge on any atom is 0.0431 e. The zero-order valence-electron chi connectivity index (χ0n) is 10.8. The first-order chi connectivity index (χ1) is 7.65. The summed E-state index contributed by atoms with van der Waals surface area (Å²) in [6.45, 7) is 8.54. The smallest absolute Gasteiger partial charge is 0.0431 e. The highest BCUT2D eigenvalue weighted by Crippen LogP contribution is 2.23. The maximum absolute atomic E-state index is 8.69. The third kappa shape index (κ3) is 5.13. The van der Waals surface area contributed by atoms with E-state index in [2.05, 4.69) is 41.9 Å². The van der Waals surface area contributed by atoms with E-state index >= 15 is 0 Å². The van der Waals surface area contributed by atoms with Crippen molar-refractivity contribution >= 4 is 15.9 Å². The second kappa shape index (κ2) is 8.77. The summed E-state index contributed by atoms with van der Waals surface area (Å²) in [5.74, 6) is 0. The number of unbranched alkanes of at least 4 members (excludes halogenated alkanes) is 1. The van der Waals surface area contributed by atoms with Gasteiger partial charge in [0, 0.05) is 11.1 Å². The van der Waals surface area contributed by atoms with E-state index in [0.29, 0.717) is 6.61 Å². The molecule has 0 bridgehead atoms. The minimum atomic E-state index is 0.300. The molecule has 0 atom stereocenters. The summed E-state index contributed by atoms with van der Waals surface area (Å²) in [4.78, 5) is 0. The van der Waals surface area contributed by atoms with Crippen LogP contribution in [-0.2, 0) is 6.42 Å². The molecule has 2 heteroatoms. The Morgan fingerprint density at radius 1 is 1.06 bits per heavy atom. The van der Waals surface area contributed by atoms with Crippen molar-refractivity contribution < 1.29 is 5.11 Å². The van der Waals surface area contributed by atoms with Crippen LogP contribution in [0.1, 0.15) is 43.4 Å². The van der Waals surface area contributed by atoms with Crippen molar-refractivity contribution in [2.75, 3.05) is 6.61 Å². The van der Waals surface area contributed by atoms with Crippen LogP contribution in [0.15, 0.2) is 16.6 Å². The van der Waals surface area contributed by atoms with Crippen LogP contribution in [0.4, 0.5) is 0 Å². The van der Waals surface area contributed by atoms with Gasteiger partial charge in [0.15, 0.2) is 0 Å². The summed E-state index contributed by atoms with van der Waals surface area (Å²) in [6.07, 6.45) is 3.03. The van der Waals surface area contributed by atoms with E-state index < -0.39 is 0 Å². The zero-order chi connectivity index (χ0) is 12.6. The van der Waals surface area contributed by atoms with Crippen molar-refractivity contribution in [3.05, 3.63) is 33.3 Å². The molecule has 0 aliphatic heterocycles. The number of aliphatic hydroxyl groups excluding tert-OH is 1. The molecule has 16 heavy (non-hydrogen) atoms. The Bertz CT molecular complexity index is 285. The largest absolute Gasteiger partial charge is 0.396 e. The number of hydrogen-bond donors (Lipinski definition) is 1. The Labute approximate surface area is 108 Å². The van der Waals surface area contributed by atoms with E-state index in [9.17, 15) is 0 Å². The standard InChI is InChI=1S/C12H17BrO.C2H6/c1-9-7-11(5-3-4-6-14)8-10(2)12(9)13;1-2/h7-8,14H,3-6H2,1-2H3;1-2H3. The van der Waals surface area contributed by atoms with Crippen LogP contribution in [0.25, 0.3) is 0 Å². The number of hydrogen-bond acceptors (Lipinski definition) is 1. The SMILES string of the molecule is CC.Cc1cc(CCCCO)cc(C)c1Br. The van der Waals surface area contributed by atoms with Crippen molar-refractivity contribution in [2.45, 2.75) is 47.0 Å². The molecule has 1 N–H and O–H groups in total. The lowest BCUT2D eigenvalue weighted by atomic mass is 10.0. The molecular weight excluding hydrogens is 264 g/mol. The van der Waals surface area contributed by atoms with Gasteiger partial charge in [-0.3, -0.25) is 0 Å². The van der Waals surface area contributed by atoms with Crippen LogP contribution in [0.3, 0.4) is 0 Å². The van der Waals surface area contributed by atoms with Gasteiger partial charge >= 0.3 is 0 Å². The predicted octanol–water partition coefficient (Wildman–Crippen LogP) is 4.41. The molecule has 0 heterocycles. The summed E-state index contributed by atoms with van der Waals surface area (Å²) in [6, 6.07) is 4.43. The van der Waals surface area contributed by atoms with E-state index in [1.165, 1.54) is 21.2 Å². The summed E-state index contributed by atoms with van der Waals surface area (Å²) in [5.41, 5.74) is 3.96. The van der Waals surface area contributed by atoms with Crippen molar-refractivity contribution in [1.82, 2.24) is 0 Å². The van der Waals surface area contributed by atoms with E-state index in [-0.39, 0.29) is 0 Å². The third-order valence-electron chi connectivity index (χ3n) is 2.37. The molecule has 1 aromatic rings. The average Bonchev–Trinajstić information content (AvgIpc) is 2.29. The molecule has 0 aliphatic rings. The first-order valence-corrected chi connectivity index (χ1v) is 6.81. The van der Waals surface area contributed by atoms with Crippen LogP contribution < -0.4 is 0 Å². The fourth-order valence-corrected chi connectivity index (χ4v) is 1.85. The van der Waals surface area contributed by atoms with Gasteiger partial charge in [-0.15, -0.1) is 0 Å². The lowest BCUT2D eigenvalue weighted by Gasteiger charge is -2.07. The second-order valence-corrected chi connectivity index (χ2v) is 4.52. The summed E-state index contributed by atoms with van der Waals surface area (Å²) in [5, 5.41) is 8.69. The van der Waals surface area contributed by atoms with Crippen LogP contribution in [-0.4, -0.2) is 11.7 Å². The van der Waals surface area contributed by atoms with Gasteiger partial charge in [0.1, 0.15) is 0 Å². The molecular formula is C14H23BrO. The Kier molecular flexibility index (Phi) is 8.58. The lowest BCUT2D eigenvalue weighted by molar-refractivity contribution is 0.284. The second-order valence-electron chi connectivity index (χ2n) is 3.72. The molecule has 0 aliphatic carbocycles. The molecule has 0 fully saturated rings. The van der Waals surface area contributed by atoms with Gasteiger partial charge in [-0.05, 0) is 49.8 Å². The number of rotatable bonds is 4. The predicted molar refractivity (Wildman–Crippen MR) is 75.0 cm³/mol. The summed E-state index contributed by atoms with van der Waals surface area (Å²) < 4.78 is 1.21. The van der Waals surface area contributed by atoms with Crippen molar-refractivity contribution in [3.8, 4) is 0 Å². The molecule has 0 saturated heterocycles. The number of aliphatic hydroxyl groups is 1. The first-order valence-electron chi connectivity index (χ1n) is 6.01. The molecule has 0 unspecified atom stereocenters. The van der Waals surface area contributed by atoms with Gasteiger partial charge in [-0.2, -0.15) is 0 Å². The Hall–Kier alpha value is -0.340. The fraction of sp³-hybridized carbons (Fsp3) is 0.571. The number of aryl methyl sites for hydroxylation is 3. The van der Waals surface area contributed by atoms with Gasteiger partial charge in [-0.25, -0.2) is 0 Å². The zero-order valence-corrected chi connectivity index (χ0v) is 12.4. The monoisotopic (exact) mass is 286 g/mol. The molecule has 0 spiro atoms. The van der Waals surface area contributed by atoms with E-state index in [4.69, 9.17) is 5.11 Å². The average molecular weight is 287 g/mol. The van der Waals surface area contributed by atoms with Crippen LogP contribution >= 0.6 is 15.9 Å². The Balaban J connectivity index is 0.00000106. The normalized spacial score (nSPS) is 9.62. The first kappa shape index (κ1) is 15.7. The summed E-state index contributed by atoms with van der Waals surface area (Å²) in [7, 11) is 0. The Morgan fingerprint density at radius 2 is 1.56 bits per heavy atom. The molecule has 1 rings (SSSR count). The van der Waals surface area contributed by atoms with Crippen molar-refractivity contribution in [1.29, 1.82) is 0 Å². The fourth-order valence-electron chi connectivity index (χ4n) is 1.62. The van der Waals surface area contributed by atoms with Crippen LogP contribution in [0, 0.1) is 13.8 Å². The minimum absolute atomic E-state index is 0.300. The molecule has 1 nitrogen and oxygen atoms in total. The molecule has 0 saturated carbocycles. The van der Waals surface area contributed by atoms with Gasteiger partial charge in [0.25, 0.3) is 0 Å². The highest BCUT2D eigenvalue weighted by molar-refractivity contribution is 9.10. The lowest BCUT2D eigenvalue weighted by Crippen LogP contribution is -1.92. The van der Waals surface area contributed by atoms with E-state index in [1.54, 1.807) is 0 Å². The molecule has 92 valence electrons. The quantitative estimate of drug-likeness (QED) is 0.813. The van der Waals surface area contributed by atoms with Crippen molar-refractivity contribution in [2.24, 2.45) is 0 Å². The minimum Gasteiger partial charge on any atom is -0.396 e.